The quantitative estimate of drug-likeness (QED) is 0.660. The number of benzene rings is 1. The van der Waals surface area contributed by atoms with Crippen LogP contribution in [-0.4, -0.2) is 37.2 Å². The van der Waals surface area contributed by atoms with E-state index in [1.807, 2.05) is 6.07 Å². The van der Waals surface area contributed by atoms with E-state index in [1.54, 1.807) is 52.0 Å². The molecular weight excluding hydrogens is 362 g/mol. The first-order valence-corrected chi connectivity index (χ1v) is 9.02. The Morgan fingerprint density at radius 3 is 2.14 bits per heavy atom. The highest BCUT2D eigenvalue weighted by molar-refractivity contribution is 5.86. The second-order valence-corrected chi connectivity index (χ2v) is 6.90. The molecule has 8 nitrogen and oxygen atoms in total. The maximum Gasteiger partial charge on any atom is 0.408 e. The van der Waals surface area contributed by atoms with E-state index in [0.29, 0.717) is 11.1 Å². The molecule has 2 amide bonds. The lowest BCUT2D eigenvalue weighted by atomic mass is 9.99. The molecule has 2 N–H and O–H groups in total. The fraction of sp³-hybridized carbons (Fsp3) is 0.500. The highest BCUT2D eigenvalue weighted by atomic mass is 16.6. The predicted molar refractivity (Wildman–Crippen MR) is 102 cm³/mol. The Kier molecular flexibility index (Phi) is 8.96. The van der Waals surface area contributed by atoms with Gasteiger partial charge in [0.1, 0.15) is 6.04 Å². The Morgan fingerprint density at radius 2 is 1.68 bits per heavy atom. The lowest BCUT2D eigenvalue weighted by Gasteiger charge is -2.25. The molecule has 2 atom stereocenters. The number of alkyl carbamates (subject to hydrolysis) is 1. The Morgan fingerprint density at radius 1 is 1.07 bits per heavy atom. The van der Waals surface area contributed by atoms with E-state index in [2.05, 4.69) is 10.6 Å². The van der Waals surface area contributed by atoms with Gasteiger partial charge in [0.25, 0.3) is 0 Å². The standard InChI is InChI=1S/C20H27N3O5/c1-12(2)18(23-20(26)28-13(3)4)19(25)22-16(10-17(24)27-5)15-8-6-14(11-21)7-9-15/h6-9,12-13,16,18H,10H2,1-5H3,(H,22,25)(H,23,26)/t16?,18-/m0/s1. The Labute approximate surface area is 165 Å². The van der Waals surface area contributed by atoms with Gasteiger partial charge >= 0.3 is 12.1 Å². The summed E-state index contributed by atoms with van der Waals surface area (Å²) < 4.78 is 9.76. The van der Waals surface area contributed by atoms with Gasteiger partial charge in [-0.3, -0.25) is 9.59 Å². The summed E-state index contributed by atoms with van der Waals surface area (Å²) in [5.41, 5.74) is 1.11. The third-order valence-electron chi connectivity index (χ3n) is 3.92. The SMILES string of the molecule is COC(=O)CC(NC(=O)[C@@H](NC(=O)OC(C)C)C(C)C)c1ccc(C#N)cc1. The summed E-state index contributed by atoms with van der Waals surface area (Å²) >= 11 is 0. The molecule has 152 valence electrons. The van der Waals surface area contributed by atoms with E-state index in [-0.39, 0.29) is 18.4 Å². The summed E-state index contributed by atoms with van der Waals surface area (Å²) in [7, 11) is 1.26. The number of amides is 2. The van der Waals surface area contributed by atoms with Gasteiger partial charge in [0.2, 0.25) is 5.91 Å². The molecule has 0 aromatic heterocycles. The number of carbonyl (C=O) groups is 3. The van der Waals surface area contributed by atoms with Gasteiger partial charge in [0, 0.05) is 0 Å². The molecule has 0 bridgehead atoms. The van der Waals surface area contributed by atoms with Crippen LogP contribution in [0, 0.1) is 17.2 Å². The Bertz CT molecular complexity index is 722. The molecule has 8 heteroatoms. The smallest absolute Gasteiger partial charge is 0.408 e. The van der Waals surface area contributed by atoms with E-state index >= 15 is 0 Å². The molecular formula is C20H27N3O5. The minimum Gasteiger partial charge on any atom is -0.469 e. The van der Waals surface area contributed by atoms with Gasteiger partial charge in [0.15, 0.2) is 0 Å². The van der Waals surface area contributed by atoms with Gasteiger partial charge in [-0.25, -0.2) is 4.79 Å². The van der Waals surface area contributed by atoms with E-state index in [1.165, 1.54) is 7.11 Å². The van der Waals surface area contributed by atoms with Crippen molar-refractivity contribution in [3.05, 3.63) is 35.4 Å². The van der Waals surface area contributed by atoms with E-state index in [4.69, 9.17) is 14.7 Å². The molecule has 1 unspecified atom stereocenters. The van der Waals surface area contributed by atoms with Crippen LogP contribution in [0.2, 0.25) is 0 Å². The van der Waals surface area contributed by atoms with Crippen molar-refractivity contribution in [2.24, 2.45) is 5.92 Å². The fourth-order valence-electron chi connectivity index (χ4n) is 2.46. The van der Waals surface area contributed by atoms with Gasteiger partial charge in [-0.2, -0.15) is 5.26 Å². The highest BCUT2D eigenvalue weighted by Crippen LogP contribution is 2.19. The predicted octanol–water partition coefficient (Wildman–Crippen LogP) is 2.44. The van der Waals surface area contributed by atoms with Crippen molar-refractivity contribution in [2.45, 2.75) is 52.3 Å². The summed E-state index contributed by atoms with van der Waals surface area (Å²) in [6.45, 7) is 7.00. The van der Waals surface area contributed by atoms with Crippen molar-refractivity contribution < 1.29 is 23.9 Å². The second-order valence-electron chi connectivity index (χ2n) is 6.90. The van der Waals surface area contributed by atoms with Crippen molar-refractivity contribution in [2.75, 3.05) is 7.11 Å². The minimum atomic E-state index is -0.843. The number of hydrogen-bond acceptors (Lipinski definition) is 6. The van der Waals surface area contributed by atoms with Crippen LogP contribution in [0.25, 0.3) is 0 Å². The number of methoxy groups -OCH3 is 1. The van der Waals surface area contributed by atoms with Crippen LogP contribution in [0.1, 0.15) is 51.3 Å². The first-order chi connectivity index (χ1) is 13.2. The van der Waals surface area contributed by atoms with Crippen LogP contribution in [0.4, 0.5) is 4.79 Å². The van der Waals surface area contributed by atoms with E-state index < -0.39 is 30.1 Å². The summed E-state index contributed by atoms with van der Waals surface area (Å²) in [6.07, 6.45) is -1.09. The first-order valence-electron chi connectivity index (χ1n) is 9.02. The van der Waals surface area contributed by atoms with Crippen molar-refractivity contribution in [3.63, 3.8) is 0 Å². The van der Waals surface area contributed by atoms with Gasteiger partial charge in [-0.15, -0.1) is 0 Å². The number of ether oxygens (including phenoxy) is 2. The molecule has 0 aliphatic heterocycles. The zero-order valence-electron chi connectivity index (χ0n) is 16.8. The molecule has 0 heterocycles. The average molecular weight is 389 g/mol. The van der Waals surface area contributed by atoms with E-state index in [0.717, 1.165) is 0 Å². The van der Waals surface area contributed by atoms with Crippen LogP contribution in [0.15, 0.2) is 24.3 Å². The number of esters is 1. The van der Waals surface area contributed by atoms with Crippen LogP contribution in [0.5, 0.6) is 0 Å². The molecule has 0 fully saturated rings. The lowest BCUT2D eigenvalue weighted by Crippen LogP contribution is -2.51. The van der Waals surface area contributed by atoms with Crippen LogP contribution < -0.4 is 10.6 Å². The molecule has 0 aliphatic rings. The fourth-order valence-corrected chi connectivity index (χ4v) is 2.46. The normalized spacial score (nSPS) is 12.6. The molecule has 0 saturated carbocycles. The molecule has 0 radical (unpaired) electrons. The molecule has 1 aromatic carbocycles. The largest absolute Gasteiger partial charge is 0.469 e. The molecule has 1 rings (SSSR count). The third-order valence-corrected chi connectivity index (χ3v) is 3.92. The van der Waals surface area contributed by atoms with Crippen molar-refractivity contribution in [1.82, 2.24) is 10.6 Å². The number of nitrogens with one attached hydrogen (secondary N) is 2. The topological polar surface area (TPSA) is 118 Å². The van der Waals surface area contributed by atoms with Crippen molar-refractivity contribution in [3.8, 4) is 6.07 Å². The average Bonchev–Trinajstić information content (AvgIpc) is 2.64. The maximum absolute atomic E-state index is 12.8. The summed E-state index contributed by atoms with van der Waals surface area (Å²) in [4.78, 5) is 36.5. The van der Waals surface area contributed by atoms with Gasteiger partial charge in [-0.1, -0.05) is 26.0 Å². The number of nitriles is 1. The zero-order chi connectivity index (χ0) is 21.3. The number of carbonyl (C=O) groups excluding carboxylic acids is 3. The first kappa shape index (κ1) is 23.0. The van der Waals surface area contributed by atoms with Crippen LogP contribution in [-0.2, 0) is 19.1 Å². The van der Waals surface area contributed by atoms with Crippen LogP contribution in [0.3, 0.4) is 0 Å². The number of hydrogen-bond donors (Lipinski definition) is 2. The molecule has 0 aliphatic carbocycles. The third kappa shape index (κ3) is 7.27. The summed E-state index contributed by atoms with van der Waals surface area (Å²) in [5, 5.41) is 14.3. The van der Waals surface area contributed by atoms with Crippen molar-refractivity contribution in [1.29, 1.82) is 5.26 Å². The zero-order valence-corrected chi connectivity index (χ0v) is 16.8. The highest BCUT2D eigenvalue weighted by Gasteiger charge is 2.28. The molecule has 0 saturated heterocycles. The Hall–Kier alpha value is -3.08. The monoisotopic (exact) mass is 389 g/mol. The summed E-state index contributed by atoms with van der Waals surface area (Å²) in [5.74, 6) is -1.16. The molecule has 0 spiro atoms. The Balaban J connectivity index is 2.99. The van der Waals surface area contributed by atoms with Gasteiger partial charge < -0.3 is 20.1 Å². The minimum absolute atomic E-state index is 0.0879. The van der Waals surface area contributed by atoms with Gasteiger partial charge in [-0.05, 0) is 37.5 Å². The maximum atomic E-state index is 12.8. The lowest BCUT2D eigenvalue weighted by molar-refractivity contribution is -0.141. The van der Waals surface area contributed by atoms with Gasteiger partial charge in [0.05, 0.1) is 37.3 Å². The van der Waals surface area contributed by atoms with Crippen LogP contribution >= 0.6 is 0 Å². The van der Waals surface area contributed by atoms with Crippen molar-refractivity contribution >= 4 is 18.0 Å². The summed E-state index contributed by atoms with van der Waals surface area (Å²) in [6, 6.07) is 7.03. The molecule has 1 aromatic rings. The second kappa shape index (κ2) is 10.9. The molecule has 28 heavy (non-hydrogen) atoms. The number of nitrogens with zero attached hydrogens (tertiary/aromatic N) is 1. The number of rotatable bonds is 8. The van der Waals surface area contributed by atoms with E-state index in [9.17, 15) is 14.4 Å².